The molecule has 0 bridgehead atoms. The summed E-state index contributed by atoms with van der Waals surface area (Å²) in [5.41, 5.74) is 1.45. The number of nitrogens with zero attached hydrogens (tertiary/aromatic N) is 4. The predicted molar refractivity (Wildman–Crippen MR) is 78.7 cm³/mol. The van der Waals surface area contributed by atoms with Gasteiger partial charge in [0, 0.05) is 11.6 Å². The summed E-state index contributed by atoms with van der Waals surface area (Å²) in [5.74, 6) is 0. The van der Waals surface area contributed by atoms with Crippen molar-refractivity contribution in [2.45, 2.75) is 6.17 Å². The van der Waals surface area contributed by atoms with Crippen molar-refractivity contribution in [2.75, 3.05) is 0 Å². The first-order valence-corrected chi connectivity index (χ1v) is 6.55. The average Bonchev–Trinajstić information content (AvgIpc) is 2.55. The molecule has 22 heavy (non-hydrogen) atoms. The molecule has 0 fully saturated rings. The van der Waals surface area contributed by atoms with Gasteiger partial charge in [-0.3, -0.25) is 15.3 Å². The van der Waals surface area contributed by atoms with Gasteiger partial charge in [-0.15, -0.1) is 0 Å². The SMILES string of the molecule is O=[N+]([O-])c1ccccc1C1N=NC(c2ccccc2)=CN1O. The van der Waals surface area contributed by atoms with Crippen LogP contribution < -0.4 is 0 Å². The summed E-state index contributed by atoms with van der Waals surface area (Å²) in [4.78, 5) is 10.6. The molecule has 1 heterocycles. The molecule has 1 unspecified atom stereocenters. The number of rotatable bonds is 3. The first-order valence-electron chi connectivity index (χ1n) is 6.55. The van der Waals surface area contributed by atoms with Gasteiger partial charge in [0.2, 0.25) is 0 Å². The van der Waals surface area contributed by atoms with Crippen LogP contribution in [0, 0.1) is 10.1 Å². The monoisotopic (exact) mass is 296 g/mol. The van der Waals surface area contributed by atoms with Crippen LogP contribution in [0.25, 0.3) is 5.70 Å². The minimum atomic E-state index is -0.936. The Bertz CT molecular complexity index is 758. The zero-order valence-corrected chi connectivity index (χ0v) is 11.4. The van der Waals surface area contributed by atoms with Crippen LogP contribution in [0.3, 0.4) is 0 Å². The summed E-state index contributed by atoms with van der Waals surface area (Å²) < 4.78 is 0. The lowest BCUT2D eigenvalue weighted by Gasteiger charge is -2.24. The second kappa shape index (κ2) is 5.74. The molecule has 3 rings (SSSR count). The van der Waals surface area contributed by atoms with E-state index in [0.717, 1.165) is 10.6 Å². The van der Waals surface area contributed by atoms with Gasteiger partial charge in [-0.05, 0) is 6.07 Å². The van der Waals surface area contributed by atoms with Crippen LogP contribution in [0.2, 0.25) is 0 Å². The van der Waals surface area contributed by atoms with Gasteiger partial charge in [-0.2, -0.15) is 10.2 Å². The molecule has 2 aromatic carbocycles. The lowest BCUT2D eigenvalue weighted by Crippen LogP contribution is -2.21. The second-order valence-electron chi connectivity index (χ2n) is 4.67. The van der Waals surface area contributed by atoms with E-state index in [0.29, 0.717) is 5.70 Å². The van der Waals surface area contributed by atoms with E-state index in [4.69, 9.17) is 0 Å². The molecule has 0 spiro atoms. The Morgan fingerprint density at radius 1 is 1.09 bits per heavy atom. The molecule has 110 valence electrons. The quantitative estimate of drug-likeness (QED) is 0.689. The first kappa shape index (κ1) is 13.9. The number of benzene rings is 2. The molecule has 0 radical (unpaired) electrons. The molecular formula is C15H12N4O3. The number of nitro benzene ring substituents is 1. The van der Waals surface area contributed by atoms with Crippen molar-refractivity contribution in [2.24, 2.45) is 10.2 Å². The van der Waals surface area contributed by atoms with E-state index < -0.39 is 11.1 Å². The molecule has 1 aliphatic rings. The molecule has 0 aliphatic carbocycles. The Morgan fingerprint density at radius 2 is 1.77 bits per heavy atom. The molecule has 0 aromatic heterocycles. The zero-order valence-electron chi connectivity index (χ0n) is 11.4. The van der Waals surface area contributed by atoms with E-state index >= 15 is 0 Å². The van der Waals surface area contributed by atoms with Crippen LogP contribution in [0.5, 0.6) is 0 Å². The van der Waals surface area contributed by atoms with Gasteiger partial charge in [0.1, 0.15) is 5.70 Å². The maximum atomic E-state index is 11.1. The highest BCUT2D eigenvalue weighted by Crippen LogP contribution is 2.34. The fourth-order valence-electron chi connectivity index (χ4n) is 2.21. The van der Waals surface area contributed by atoms with Crippen LogP contribution in [0.15, 0.2) is 71.0 Å². The predicted octanol–water partition coefficient (Wildman–Crippen LogP) is 3.75. The molecule has 2 aromatic rings. The largest absolute Gasteiger partial charge is 0.286 e. The maximum Gasteiger partial charge on any atom is 0.276 e. The highest BCUT2D eigenvalue weighted by atomic mass is 16.6. The number of hydrogen-bond acceptors (Lipinski definition) is 6. The minimum absolute atomic E-state index is 0.109. The number of azo groups is 1. The maximum absolute atomic E-state index is 11.1. The van der Waals surface area contributed by atoms with Gasteiger partial charge >= 0.3 is 0 Å². The molecule has 7 heteroatoms. The molecule has 1 aliphatic heterocycles. The smallest absolute Gasteiger partial charge is 0.276 e. The van der Waals surface area contributed by atoms with Crippen molar-refractivity contribution < 1.29 is 10.1 Å². The van der Waals surface area contributed by atoms with Crippen molar-refractivity contribution in [3.63, 3.8) is 0 Å². The van der Waals surface area contributed by atoms with Crippen LogP contribution in [-0.4, -0.2) is 15.2 Å². The Balaban J connectivity index is 1.93. The molecule has 0 saturated carbocycles. The highest BCUT2D eigenvalue weighted by molar-refractivity contribution is 5.64. The zero-order chi connectivity index (χ0) is 15.5. The number of hydroxylamine groups is 2. The van der Waals surface area contributed by atoms with Crippen LogP contribution in [0.4, 0.5) is 5.69 Å². The standard InChI is InChI=1S/C15H12N4O3/c20-18-10-13(11-6-2-1-3-7-11)16-17-15(18)12-8-4-5-9-14(12)19(21)22/h1-10,15,20H. The Morgan fingerprint density at radius 3 is 2.45 bits per heavy atom. The molecule has 7 nitrogen and oxygen atoms in total. The third kappa shape index (κ3) is 2.57. The fourth-order valence-corrected chi connectivity index (χ4v) is 2.21. The fraction of sp³-hybridized carbons (Fsp3) is 0.0667. The topological polar surface area (TPSA) is 91.3 Å². The van der Waals surface area contributed by atoms with Gasteiger partial charge in [0.15, 0.2) is 6.17 Å². The number of nitro groups is 1. The van der Waals surface area contributed by atoms with E-state index in [-0.39, 0.29) is 11.3 Å². The Kier molecular flexibility index (Phi) is 3.63. The van der Waals surface area contributed by atoms with Gasteiger partial charge in [0.25, 0.3) is 5.69 Å². The minimum Gasteiger partial charge on any atom is -0.286 e. The lowest BCUT2D eigenvalue weighted by molar-refractivity contribution is -0.386. The molecule has 1 N–H and O–H groups in total. The summed E-state index contributed by atoms with van der Waals surface area (Å²) in [7, 11) is 0. The molecule has 0 amide bonds. The van der Waals surface area contributed by atoms with Crippen molar-refractivity contribution in [1.82, 2.24) is 5.06 Å². The second-order valence-corrected chi connectivity index (χ2v) is 4.67. The van der Waals surface area contributed by atoms with E-state index in [1.807, 2.05) is 30.3 Å². The van der Waals surface area contributed by atoms with Gasteiger partial charge in [-0.1, -0.05) is 42.5 Å². The van der Waals surface area contributed by atoms with Gasteiger partial charge < -0.3 is 0 Å². The summed E-state index contributed by atoms with van der Waals surface area (Å²) >= 11 is 0. The van der Waals surface area contributed by atoms with E-state index in [1.165, 1.54) is 12.3 Å². The van der Waals surface area contributed by atoms with E-state index in [2.05, 4.69) is 10.2 Å². The van der Waals surface area contributed by atoms with Crippen LogP contribution in [-0.2, 0) is 0 Å². The van der Waals surface area contributed by atoms with Crippen molar-refractivity contribution >= 4 is 11.4 Å². The normalized spacial score (nSPS) is 17.2. The lowest BCUT2D eigenvalue weighted by atomic mass is 10.1. The van der Waals surface area contributed by atoms with Gasteiger partial charge in [0.05, 0.1) is 16.7 Å². The highest BCUT2D eigenvalue weighted by Gasteiger charge is 2.27. The summed E-state index contributed by atoms with van der Waals surface area (Å²) in [5, 5.41) is 30.1. The van der Waals surface area contributed by atoms with Crippen molar-refractivity contribution in [3.05, 3.63) is 82.0 Å². The summed E-state index contributed by atoms with van der Waals surface area (Å²) in [6.07, 6.45) is 0.470. The first-order chi connectivity index (χ1) is 10.7. The third-order valence-corrected chi connectivity index (χ3v) is 3.26. The average molecular weight is 296 g/mol. The van der Waals surface area contributed by atoms with E-state index in [9.17, 15) is 15.3 Å². The third-order valence-electron chi connectivity index (χ3n) is 3.26. The van der Waals surface area contributed by atoms with Crippen LogP contribution >= 0.6 is 0 Å². The Labute approximate surface area is 125 Å². The molecule has 1 atom stereocenters. The summed E-state index contributed by atoms with van der Waals surface area (Å²) in [6, 6.07) is 15.4. The van der Waals surface area contributed by atoms with Crippen molar-refractivity contribution in [3.8, 4) is 0 Å². The van der Waals surface area contributed by atoms with Crippen LogP contribution in [0.1, 0.15) is 17.3 Å². The van der Waals surface area contributed by atoms with Gasteiger partial charge in [-0.25, -0.2) is 5.06 Å². The Hall–Kier alpha value is -3.06. The van der Waals surface area contributed by atoms with Crippen molar-refractivity contribution in [1.29, 1.82) is 0 Å². The number of para-hydroxylation sites is 1. The number of hydrogen-bond donors (Lipinski definition) is 1. The molecular weight excluding hydrogens is 284 g/mol. The van der Waals surface area contributed by atoms with E-state index in [1.54, 1.807) is 18.2 Å². The molecule has 0 saturated heterocycles. The summed E-state index contributed by atoms with van der Waals surface area (Å²) in [6.45, 7) is 0.